The Labute approximate surface area is 142 Å². The van der Waals surface area contributed by atoms with Crippen LogP contribution in [0.3, 0.4) is 0 Å². The predicted octanol–water partition coefficient (Wildman–Crippen LogP) is 0.880. The summed E-state index contributed by atoms with van der Waals surface area (Å²) in [6.45, 7) is 5.92. The Kier molecular flexibility index (Phi) is 5.64. The zero-order valence-electron chi connectivity index (χ0n) is 14.8. The lowest BCUT2D eigenvalue weighted by Gasteiger charge is -2.34. The zero-order chi connectivity index (χ0) is 17.9. The molecule has 1 aromatic heterocycles. The highest BCUT2D eigenvalue weighted by Gasteiger charge is 2.26. The lowest BCUT2D eigenvalue weighted by molar-refractivity contribution is -0.143. The van der Waals surface area contributed by atoms with Crippen LogP contribution >= 0.6 is 0 Å². The minimum atomic E-state index is -0.382. The minimum absolute atomic E-state index is 0.0119. The van der Waals surface area contributed by atoms with Crippen LogP contribution in [-0.2, 0) is 21.4 Å². The molecule has 0 aliphatic carbocycles. The lowest BCUT2D eigenvalue weighted by atomic mass is 10.2. The van der Waals surface area contributed by atoms with E-state index in [9.17, 15) is 14.4 Å². The van der Waals surface area contributed by atoms with Crippen LogP contribution in [0.4, 0.5) is 0 Å². The number of amides is 2. The van der Waals surface area contributed by atoms with Crippen molar-refractivity contribution in [2.45, 2.75) is 26.7 Å². The second-order valence-corrected chi connectivity index (χ2v) is 6.09. The summed E-state index contributed by atoms with van der Waals surface area (Å²) in [5.41, 5.74) is 2.72. The normalized spacial score (nSPS) is 14.7. The summed E-state index contributed by atoms with van der Waals surface area (Å²) in [5, 5.41) is 0. The van der Waals surface area contributed by atoms with Gasteiger partial charge < -0.3 is 19.1 Å². The molecule has 1 aromatic rings. The summed E-state index contributed by atoms with van der Waals surface area (Å²) in [6, 6.07) is 1.91. The van der Waals surface area contributed by atoms with Crippen LogP contribution in [0.5, 0.6) is 0 Å². The van der Waals surface area contributed by atoms with Crippen molar-refractivity contribution < 1.29 is 19.1 Å². The first-order valence-corrected chi connectivity index (χ1v) is 8.12. The highest BCUT2D eigenvalue weighted by molar-refractivity contribution is 5.96. The van der Waals surface area contributed by atoms with Gasteiger partial charge in [-0.05, 0) is 19.9 Å². The van der Waals surface area contributed by atoms with E-state index in [1.54, 1.807) is 9.80 Å². The molecule has 132 valence electrons. The van der Waals surface area contributed by atoms with Crippen molar-refractivity contribution in [3.63, 3.8) is 0 Å². The molecule has 0 radical (unpaired) electrons. The van der Waals surface area contributed by atoms with Crippen LogP contribution in [0.1, 0.15) is 34.6 Å². The first-order chi connectivity index (χ1) is 11.3. The molecule has 2 amide bonds. The third-order valence-electron chi connectivity index (χ3n) is 4.70. The Hall–Kier alpha value is -2.31. The molecule has 0 unspecified atom stereocenters. The number of carbonyl (C=O) groups excluding carboxylic acids is 3. The quantitative estimate of drug-likeness (QED) is 0.766. The molecule has 1 saturated heterocycles. The molecule has 2 rings (SSSR count). The molecule has 0 atom stereocenters. The maximum atomic E-state index is 12.7. The van der Waals surface area contributed by atoms with E-state index in [4.69, 9.17) is 0 Å². The van der Waals surface area contributed by atoms with Crippen LogP contribution in [0.25, 0.3) is 0 Å². The van der Waals surface area contributed by atoms with Crippen molar-refractivity contribution in [1.29, 1.82) is 0 Å². The third-order valence-corrected chi connectivity index (χ3v) is 4.70. The number of hydrogen-bond donors (Lipinski definition) is 0. The molecule has 1 aliphatic heterocycles. The van der Waals surface area contributed by atoms with E-state index in [1.807, 2.05) is 31.5 Å². The molecule has 24 heavy (non-hydrogen) atoms. The first kappa shape index (κ1) is 18.0. The first-order valence-electron chi connectivity index (χ1n) is 8.12. The fourth-order valence-corrected chi connectivity index (χ4v) is 2.87. The highest BCUT2D eigenvalue weighted by Crippen LogP contribution is 2.17. The second-order valence-electron chi connectivity index (χ2n) is 6.09. The number of carbonyl (C=O) groups is 3. The highest BCUT2D eigenvalue weighted by atomic mass is 16.5. The lowest BCUT2D eigenvalue weighted by Crippen LogP contribution is -2.50. The molecule has 0 spiro atoms. The third kappa shape index (κ3) is 3.77. The van der Waals surface area contributed by atoms with Gasteiger partial charge in [0.2, 0.25) is 5.91 Å². The molecule has 7 heteroatoms. The molecular formula is C17H25N3O4. The number of aryl methyl sites for hydroxylation is 1. The van der Waals surface area contributed by atoms with Gasteiger partial charge in [-0.15, -0.1) is 0 Å². The molecule has 1 fully saturated rings. The van der Waals surface area contributed by atoms with Gasteiger partial charge in [-0.1, -0.05) is 0 Å². The summed E-state index contributed by atoms with van der Waals surface area (Å²) < 4.78 is 6.54. The SMILES string of the molecule is COC(=O)CCC(=O)N1CCN(C(=O)c2cc(C)n(C)c2C)CC1. The number of aromatic nitrogens is 1. The number of hydrogen-bond acceptors (Lipinski definition) is 4. The monoisotopic (exact) mass is 335 g/mol. The predicted molar refractivity (Wildman–Crippen MR) is 88.6 cm³/mol. The van der Waals surface area contributed by atoms with Gasteiger partial charge in [0.15, 0.2) is 0 Å². The fraction of sp³-hybridized carbons (Fsp3) is 0.588. The molecule has 0 saturated carbocycles. The van der Waals surface area contributed by atoms with E-state index in [2.05, 4.69) is 4.74 Å². The van der Waals surface area contributed by atoms with Gasteiger partial charge >= 0.3 is 5.97 Å². The average molecular weight is 335 g/mol. The molecule has 2 heterocycles. The van der Waals surface area contributed by atoms with Crippen molar-refractivity contribution >= 4 is 17.8 Å². The van der Waals surface area contributed by atoms with Gasteiger partial charge in [-0.2, -0.15) is 0 Å². The Morgan fingerprint density at radius 3 is 2.12 bits per heavy atom. The number of nitrogens with zero attached hydrogens (tertiary/aromatic N) is 3. The van der Waals surface area contributed by atoms with Crippen LogP contribution in [0.15, 0.2) is 6.07 Å². The van der Waals surface area contributed by atoms with Gasteiger partial charge in [0.1, 0.15) is 0 Å². The summed E-state index contributed by atoms with van der Waals surface area (Å²) in [4.78, 5) is 39.3. The van der Waals surface area contributed by atoms with E-state index >= 15 is 0 Å². The van der Waals surface area contributed by atoms with Gasteiger partial charge in [0.25, 0.3) is 5.91 Å². The van der Waals surface area contributed by atoms with E-state index in [0.29, 0.717) is 26.2 Å². The Balaban J connectivity index is 1.90. The van der Waals surface area contributed by atoms with Crippen LogP contribution in [0.2, 0.25) is 0 Å². The topological polar surface area (TPSA) is 71.9 Å². The van der Waals surface area contributed by atoms with E-state index < -0.39 is 0 Å². The number of rotatable bonds is 4. The largest absolute Gasteiger partial charge is 0.469 e. The van der Waals surface area contributed by atoms with Gasteiger partial charge in [0, 0.05) is 51.0 Å². The average Bonchev–Trinajstić information content (AvgIpc) is 2.86. The van der Waals surface area contributed by atoms with Crippen molar-refractivity contribution in [3.05, 3.63) is 23.0 Å². The molecule has 1 aliphatic rings. The minimum Gasteiger partial charge on any atom is -0.469 e. The van der Waals surface area contributed by atoms with Crippen LogP contribution in [-0.4, -0.2) is 65.4 Å². The van der Waals surface area contributed by atoms with Crippen molar-refractivity contribution in [1.82, 2.24) is 14.4 Å². The van der Waals surface area contributed by atoms with Crippen molar-refractivity contribution in [3.8, 4) is 0 Å². The smallest absolute Gasteiger partial charge is 0.306 e. The summed E-state index contributed by atoms with van der Waals surface area (Å²) in [7, 11) is 3.25. The summed E-state index contributed by atoms with van der Waals surface area (Å²) in [5.74, 6) is -0.441. The van der Waals surface area contributed by atoms with E-state index in [-0.39, 0.29) is 30.6 Å². The second kappa shape index (κ2) is 7.51. The number of ether oxygens (including phenoxy) is 1. The standard InChI is InChI=1S/C17H25N3O4/c1-12-11-14(13(2)18(12)3)17(23)20-9-7-19(8-10-20)15(21)5-6-16(22)24-4/h11H,5-10H2,1-4H3. The number of piperazine rings is 1. The van der Waals surface area contributed by atoms with Gasteiger partial charge in [-0.25, -0.2) is 0 Å². The Morgan fingerprint density at radius 2 is 1.62 bits per heavy atom. The zero-order valence-corrected chi connectivity index (χ0v) is 14.8. The van der Waals surface area contributed by atoms with E-state index in [1.165, 1.54) is 7.11 Å². The molecular weight excluding hydrogens is 310 g/mol. The van der Waals surface area contributed by atoms with Crippen LogP contribution < -0.4 is 0 Å². The summed E-state index contributed by atoms with van der Waals surface area (Å²) >= 11 is 0. The van der Waals surface area contributed by atoms with Gasteiger partial charge in [-0.3, -0.25) is 14.4 Å². The maximum absolute atomic E-state index is 12.7. The molecule has 0 aromatic carbocycles. The summed E-state index contributed by atoms with van der Waals surface area (Å²) in [6.07, 6.45) is 0.245. The fourth-order valence-electron chi connectivity index (χ4n) is 2.87. The number of esters is 1. The van der Waals surface area contributed by atoms with Crippen molar-refractivity contribution in [2.24, 2.45) is 7.05 Å². The Morgan fingerprint density at radius 1 is 1.04 bits per heavy atom. The molecule has 0 N–H and O–H groups in total. The maximum Gasteiger partial charge on any atom is 0.306 e. The Bertz CT molecular complexity index is 643. The van der Waals surface area contributed by atoms with E-state index in [0.717, 1.165) is 17.0 Å². The number of methoxy groups -OCH3 is 1. The molecule has 7 nitrogen and oxygen atoms in total. The van der Waals surface area contributed by atoms with Crippen molar-refractivity contribution in [2.75, 3.05) is 33.3 Å². The molecule has 0 bridgehead atoms. The van der Waals surface area contributed by atoms with Crippen LogP contribution in [0, 0.1) is 13.8 Å². The van der Waals surface area contributed by atoms with Gasteiger partial charge in [0.05, 0.1) is 19.1 Å².